The van der Waals surface area contributed by atoms with Crippen molar-refractivity contribution in [2.45, 2.75) is 38.3 Å². The highest BCUT2D eigenvalue weighted by molar-refractivity contribution is 7.89. The molecule has 1 aromatic heterocycles. The first-order chi connectivity index (χ1) is 7.97. The fourth-order valence-electron chi connectivity index (χ4n) is 1.71. The molecule has 0 fully saturated rings. The molecule has 17 heavy (non-hydrogen) atoms. The van der Waals surface area contributed by atoms with E-state index in [1.165, 1.54) is 10.4 Å². The van der Waals surface area contributed by atoms with Crippen LogP contribution in [0.3, 0.4) is 0 Å². The highest BCUT2D eigenvalue weighted by atomic mass is 32.2. The molecular formula is C11H20N2O3S. The zero-order valence-electron chi connectivity index (χ0n) is 10.5. The van der Waals surface area contributed by atoms with Crippen LogP contribution in [0.5, 0.6) is 0 Å². The number of hydrogen-bond donors (Lipinski definition) is 1. The average molecular weight is 260 g/mol. The van der Waals surface area contributed by atoms with E-state index < -0.39 is 10.0 Å². The minimum Gasteiger partial charge on any atom is -0.390 e. The van der Waals surface area contributed by atoms with E-state index in [0.29, 0.717) is 18.8 Å². The molecule has 5 nitrogen and oxygen atoms in total. The van der Waals surface area contributed by atoms with E-state index >= 15 is 0 Å². The van der Waals surface area contributed by atoms with Gasteiger partial charge in [-0.3, -0.25) is 0 Å². The molecule has 1 aromatic rings. The largest absolute Gasteiger partial charge is 0.390 e. The Bertz CT molecular complexity index is 444. The Morgan fingerprint density at radius 2 is 2.06 bits per heavy atom. The fourth-order valence-corrected chi connectivity index (χ4v) is 3.04. The minimum atomic E-state index is -3.42. The zero-order chi connectivity index (χ0) is 13.1. The second-order valence-corrected chi connectivity index (χ2v) is 5.98. The van der Waals surface area contributed by atoms with Crippen molar-refractivity contribution < 1.29 is 13.5 Å². The third-order valence-electron chi connectivity index (χ3n) is 2.71. The van der Waals surface area contributed by atoms with Crippen LogP contribution in [0.2, 0.25) is 0 Å². The van der Waals surface area contributed by atoms with E-state index in [0.717, 1.165) is 6.42 Å². The number of aliphatic hydroxyl groups is 1. The first kappa shape index (κ1) is 14.2. The fraction of sp³-hybridized carbons (Fsp3) is 0.636. The molecule has 98 valence electrons. The number of aromatic nitrogens is 1. The molecule has 1 rings (SSSR count). The number of nitrogens with zero attached hydrogens (tertiary/aromatic N) is 2. The maximum atomic E-state index is 12.2. The van der Waals surface area contributed by atoms with Crippen LogP contribution in [0.4, 0.5) is 0 Å². The van der Waals surface area contributed by atoms with Crippen molar-refractivity contribution >= 4 is 10.0 Å². The Labute approximate surface area is 103 Å². The molecule has 0 bridgehead atoms. The Hall–Kier alpha value is -0.850. The van der Waals surface area contributed by atoms with Crippen LogP contribution in [0.25, 0.3) is 0 Å². The van der Waals surface area contributed by atoms with E-state index in [-0.39, 0.29) is 11.5 Å². The molecule has 0 radical (unpaired) electrons. The van der Waals surface area contributed by atoms with Crippen molar-refractivity contribution in [2.24, 2.45) is 0 Å². The van der Waals surface area contributed by atoms with Crippen molar-refractivity contribution in [3.05, 3.63) is 18.0 Å². The van der Waals surface area contributed by atoms with Gasteiger partial charge in [0.2, 0.25) is 10.0 Å². The van der Waals surface area contributed by atoms with Gasteiger partial charge in [-0.1, -0.05) is 6.92 Å². The first-order valence-corrected chi connectivity index (χ1v) is 7.17. The Morgan fingerprint density at radius 3 is 2.47 bits per heavy atom. The molecule has 0 saturated heterocycles. The second-order valence-electron chi connectivity index (χ2n) is 3.94. The van der Waals surface area contributed by atoms with Crippen LogP contribution in [-0.4, -0.2) is 36.0 Å². The molecule has 0 atom stereocenters. The molecule has 0 aliphatic carbocycles. The summed E-state index contributed by atoms with van der Waals surface area (Å²) in [6, 6.07) is 1.53. The van der Waals surface area contributed by atoms with E-state index in [1.54, 1.807) is 17.8 Å². The third-order valence-corrected chi connectivity index (χ3v) is 4.53. The first-order valence-electron chi connectivity index (χ1n) is 5.73. The molecule has 1 N–H and O–H groups in total. The maximum absolute atomic E-state index is 12.2. The Morgan fingerprint density at radius 1 is 1.41 bits per heavy atom. The summed E-state index contributed by atoms with van der Waals surface area (Å²) in [6.07, 6.45) is 2.35. The van der Waals surface area contributed by atoms with Gasteiger partial charge in [0.15, 0.2) is 0 Å². The molecule has 0 aromatic carbocycles. The van der Waals surface area contributed by atoms with Crippen molar-refractivity contribution in [3.8, 4) is 0 Å². The lowest BCUT2D eigenvalue weighted by Gasteiger charge is -2.14. The number of rotatable bonds is 6. The van der Waals surface area contributed by atoms with Crippen molar-refractivity contribution in [3.63, 3.8) is 0 Å². The van der Waals surface area contributed by atoms with Crippen molar-refractivity contribution in [1.29, 1.82) is 0 Å². The van der Waals surface area contributed by atoms with Crippen LogP contribution in [0, 0.1) is 0 Å². The number of aliphatic hydroxyl groups excluding tert-OH is 1. The maximum Gasteiger partial charge on any atom is 0.244 e. The van der Waals surface area contributed by atoms with E-state index in [1.807, 2.05) is 13.8 Å². The minimum absolute atomic E-state index is 0.152. The number of aryl methyl sites for hydroxylation is 1. The Balaban J connectivity index is 3.11. The second kappa shape index (κ2) is 5.66. The zero-order valence-corrected chi connectivity index (χ0v) is 11.4. The van der Waals surface area contributed by atoms with E-state index in [9.17, 15) is 8.42 Å². The van der Waals surface area contributed by atoms with Crippen molar-refractivity contribution in [2.75, 3.05) is 13.6 Å². The summed E-state index contributed by atoms with van der Waals surface area (Å²) in [5.41, 5.74) is 0.621. The van der Waals surface area contributed by atoms with Gasteiger partial charge in [-0.2, -0.15) is 0 Å². The Kier molecular flexibility index (Phi) is 4.73. The standard InChI is InChI=1S/C11H20N2O3S/c1-4-6-12(3)17(15,16)11-7-10(9-14)13(5-2)8-11/h7-8,14H,4-6,9H2,1-3H3. The summed E-state index contributed by atoms with van der Waals surface area (Å²) >= 11 is 0. The monoisotopic (exact) mass is 260 g/mol. The summed E-state index contributed by atoms with van der Waals surface area (Å²) in [4.78, 5) is 0.249. The topological polar surface area (TPSA) is 62.5 Å². The normalized spacial score (nSPS) is 12.3. The van der Waals surface area contributed by atoms with Gasteiger partial charge >= 0.3 is 0 Å². The molecule has 0 aliphatic heterocycles. The van der Waals surface area contributed by atoms with Gasteiger partial charge in [-0.25, -0.2) is 12.7 Å². The molecule has 0 unspecified atom stereocenters. The van der Waals surface area contributed by atoms with Crippen molar-refractivity contribution in [1.82, 2.24) is 8.87 Å². The molecule has 0 spiro atoms. The number of hydrogen-bond acceptors (Lipinski definition) is 3. The lowest BCUT2D eigenvalue weighted by atomic mass is 10.4. The SMILES string of the molecule is CCCN(C)S(=O)(=O)c1cc(CO)n(CC)c1. The molecule has 0 saturated carbocycles. The van der Waals surface area contributed by atoms with Gasteiger partial charge in [0.25, 0.3) is 0 Å². The third kappa shape index (κ3) is 2.88. The molecule has 6 heteroatoms. The summed E-state index contributed by atoms with van der Waals surface area (Å²) in [7, 11) is -1.85. The lowest BCUT2D eigenvalue weighted by Crippen LogP contribution is -2.27. The van der Waals surface area contributed by atoms with Crippen LogP contribution < -0.4 is 0 Å². The summed E-state index contributed by atoms with van der Waals surface area (Å²) in [5, 5.41) is 9.14. The lowest BCUT2D eigenvalue weighted by molar-refractivity contribution is 0.271. The van der Waals surface area contributed by atoms with Crippen LogP contribution in [0.1, 0.15) is 26.0 Å². The van der Waals surface area contributed by atoms with E-state index in [2.05, 4.69) is 0 Å². The van der Waals surface area contributed by atoms with Gasteiger partial charge in [0.05, 0.1) is 6.61 Å². The molecular weight excluding hydrogens is 240 g/mol. The predicted octanol–water partition coefficient (Wildman–Crippen LogP) is 1.03. The van der Waals surface area contributed by atoms with Gasteiger partial charge in [-0.05, 0) is 19.4 Å². The summed E-state index contributed by atoms with van der Waals surface area (Å²) in [6.45, 7) is 4.82. The summed E-state index contributed by atoms with van der Waals surface area (Å²) < 4.78 is 27.4. The highest BCUT2D eigenvalue weighted by Crippen LogP contribution is 2.18. The van der Waals surface area contributed by atoms with Gasteiger partial charge < -0.3 is 9.67 Å². The van der Waals surface area contributed by atoms with Crippen LogP contribution >= 0.6 is 0 Å². The number of sulfonamides is 1. The van der Waals surface area contributed by atoms with E-state index in [4.69, 9.17) is 5.11 Å². The highest BCUT2D eigenvalue weighted by Gasteiger charge is 2.22. The molecule has 0 amide bonds. The smallest absolute Gasteiger partial charge is 0.244 e. The average Bonchev–Trinajstić information content (AvgIpc) is 2.72. The van der Waals surface area contributed by atoms with Crippen LogP contribution in [0.15, 0.2) is 17.2 Å². The molecule has 1 heterocycles. The quantitative estimate of drug-likeness (QED) is 0.831. The van der Waals surface area contributed by atoms with Gasteiger partial charge in [0, 0.05) is 32.0 Å². The predicted molar refractivity (Wildman–Crippen MR) is 66.1 cm³/mol. The van der Waals surface area contributed by atoms with Crippen LogP contribution in [-0.2, 0) is 23.2 Å². The van der Waals surface area contributed by atoms with Gasteiger partial charge in [0.1, 0.15) is 4.90 Å². The summed E-state index contributed by atoms with van der Waals surface area (Å²) in [5.74, 6) is 0. The molecule has 0 aliphatic rings. The van der Waals surface area contributed by atoms with Gasteiger partial charge in [-0.15, -0.1) is 0 Å².